The lowest BCUT2D eigenvalue weighted by atomic mass is 10.1. The van der Waals surface area contributed by atoms with Gasteiger partial charge in [-0.1, -0.05) is 41.9 Å². The molecule has 0 radical (unpaired) electrons. The van der Waals surface area contributed by atoms with Crippen LogP contribution in [0.4, 0.5) is 0 Å². The number of aryl methyl sites for hydroxylation is 1. The van der Waals surface area contributed by atoms with E-state index >= 15 is 0 Å². The minimum atomic E-state index is 0.168. The Hall–Kier alpha value is -1.71. The Balaban J connectivity index is 1.70. The molecule has 0 bridgehead atoms. The molecule has 1 aromatic heterocycles. The fourth-order valence-corrected chi connectivity index (χ4v) is 3.66. The molecule has 0 saturated heterocycles. The number of rotatable bonds is 5. The predicted octanol–water partition coefficient (Wildman–Crippen LogP) is 5.25. The molecular formula is C18H16ClNOS. The summed E-state index contributed by atoms with van der Waals surface area (Å²) in [6.45, 7) is 1.95. The number of Topliss-reactive ketones (excluding diaryl/α,β-unsaturated/α-hetero) is 1. The normalized spacial score (nSPS) is 11.0. The van der Waals surface area contributed by atoms with Crippen molar-refractivity contribution >= 4 is 40.0 Å². The third-order valence-electron chi connectivity index (χ3n) is 3.56. The highest BCUT2D eigenvalue weighted by Crippen LogP contribution is 2.24. The molecule has 0 unspecified atom stereocenters. The van der Waals surface area contributed by atoms with Gasteiger partial charge in [0.15, 0.2) is 5.78 Å². The first-order valence-electron chi connectivity index (χ1n) is 7.08. The van der Waals surface area contributed by atoms with Gasteiger partial charge in [-0.3, -0.25) is 4.79 Å². The lowest BCUT2D eigenvalue weighted by Gasteiger charge is -2.03. The van der Waals surface area contributed by atoms with Gasteiger partial charge in [0.05, 0.1) is 5.75 Å². The van der Waals surface area contributed by atoms with Crippen molar-refractivity contribution in [3.05, 3.63) is 70.4 Å². The Morgan fingerprint density at radius 2 is 2.00 bits per heavy atom. The largest absolute Gasteiger partial charge is 0.358 e. The maximum atomic E-state index is 12.5. The fourth-order valence-electron chi connectivity index (χ4n) is 2.60. The van der Waals surface area contributed by atoms with E-state index in [0.29, 0.717) is 5.75 Å². The van der Waals surface area contributed by atoms with Crippen LogP contribution in [0, 0.1) is 6.92 Å². The summed E-state index contributed by atoms with van der Waals surface area (Å²) in [7, 11) is 0. The molecule has 1 heterocycles. The number of carbonyl (C=O) groups is 1. The molecule has 112 valence electrons. The van der Waals surface area contributed by atoms with Crippen LogP contribution in [0.2, 0.25) is 5.02 Å². The number of aromatic amines is 1. The summed E-state index contributed by atoms with van der Waals surface area (Å²) in [5, 5.41) is 1.74. The Labute approximate surface area is 138 Å². The van der Waals surface area contributed by atoms with Crippen LogP contribution in [0.15, 0.2) is 48.5 Å². The van der Waals surface area contributed by atoms with Crippen LogP contribution >= 0.6 is 23.4 Å². The molecule has 3 rings (SSSR count). The first-order valence-corrected chi connectivity index (χ1v) is 8.61. The van der Waals surface area contributed by atoms with Crippen LogP contribution in [-0.4, -0.2) is 16.5 Å². The van der Waals surface area contributed by atoms with Crippen LogP contribution in [-0.2, 0) is 5.75 Å². The lowest BCUT2D eigenvalue weighted by Crippen LogP contribution is -2.04. The van der Waals surface area contributed by atoms with E-state index in [-0.39, 0.29) is 5.78 Å². The topological polar surface area (TPSA) is 32.9 Å². The van der Waals surface area contributed by atoms with Gasteiger partial charge in [0.1, 0.15) is 0 Å². The van der Waals surface area contributed by atoms with Crippen LogP contribution in [0.5, 0.6) is 0 Å². The van der Waals surface area contributed by atoms with E-state index in [2.05, 4.69) is 4.98 Å². The summed E-state index contributed by atoms with van der Waals surface area (Å²) in [5.41, 5.74) is 3.91. The predicted molar refractivity (Wildman–Crippen MR) is 95.0 cm³/mol. The molecule has 2 nitrogen and oxygen atoms in total. The molecule has 2 aromatic carbocycles. The molecule has 0 amide bonds. The summed E-state index contributed by atoms with van der Waals surface area (Å²) in [6, 6.07) is 15.7. The highest BCUT2D eigenvalue weighted by Gasteiger charge is 2.15. The van der Waals surface area contributed by atoms with Gasteiger partial charge in [0, 0.05) is 32.9 Å². The monoisotopic (exact) mass is 329 g/mol. The molecule has 0 saturated carbocycles. The van der Waals surface area contributed by atoms with Crippen molar-refractivity contribution < 1.29 is 4.79 Å². The molecular weight excluding hydrogens is 314 g/mol. The van der Waals surface area contributed by atoms with Gasteiger partial charge in [0.25, 0.3) is 0 Å². The first kappa shape index (κ1) is 15.2. The van der Waals surface area contributed by atoms with Crippen LogP contribution < -0.4 is 0 Å². The molecule has 4 heteroatoms. The number of para-hydroxylation sites is 1. The second-order valence-electron chi connectivity index (χ2n) is 5.22. The zero-order valence-corrected chi connectivity index (χ0v) is 13.8. The van der Waals surface area contributed by atoms with Crippen LogP contribution in [0.25, 0.3) is 10.9 Å². The summed E-state index contributed by atoms with van der Waals surface area (Å²) in [5.74, 6) is 1.42. The smallest absolute Gasteiger partial charge is 0.175 e. The molecule has 1 N–H and O–H groups in total. The molecule has 0 aliphatic rings. The summed E-state index contributed by atoms with van der Waals surface area (Å²) in [6.07, 6.45) is 0. The van der Waals surface area contributed by atoms with E-state index in [1.165, 1.54) is 0 Å². The highest BCUT2D eigenvalue weighted by molar-refractivity contribution is 7.99. The van der Waals surface area contributed by atoms with E-state index < -0.39 is 0 Å². The second kappa shape index (κ2) is 6.59. The molecule has 0 spiro atoms. The van der Waals surface area contributed by atoms with Crippen molar-refractivity contribution in [1.29, 1.82) is 0 Å². The Bertz CT molecular complexity index is 825. The van der Waals surface area contributed by atoms with Crippen molar-refractivity contribution in [3.8, 4) is 0 Å². The van der Waals surface area contributed by atoms with Gasteiger partial charge in [-0.25, -0.2) is 0 Å². The van der Waals surface area contributed by atoms with Gasteiger partial charge >= 0.3 is 0 Å². The Morgan fingerprint density at radius 1 is 1.18 bits per heavy atom. The van der Waals surface area contributed by atoms with Gasteiger partial charge < -0.3 is 4.98 Å². The Kier molecular flexibility index (Phi) is 4.55. The maximum absolute atomic E-state index is 12.5. The highest BCUT2D eigenvalue weighted by atomic mass is 35.5. The van der Waals surface area contributed by atoms with Crippen molar-refractivity contribution in [2.24, 2.45) is 0 Å². The molecule has 0 aliphatic carbocycles. The number of hydrogen-bond acceptors (Lipinski definition) is 2. The number of aromatic nitrogens is 1. The number of hydrogen-bond donors (Lipinski definition) is 1. The van der Waals surface area contributed by atoms with E-state index in [1.807, 2.05) is 55.5 Å². The number of H-pyrrole nitrogens is 1. The summed E-state index contributed by atoms with van der Waals surface area (Å²) >= 11 is 7.59. The molecule has 0 aliphatic heterocycles. The molecule has 0 fully saturated rings. The van der Waals surface area contributed by atoms with E-state index in [0.717, 1.165) is 38.5 Å². The van der Waals surface area contributed by atoms with E-state index in [9.17, 15) is 4.79 Å². The average Bonchev–Trinajstić information content (AvgIpc) is 2.83. The quantitative estimate of drug-likeness (QED) is 0.649. The number of ketones is 1. The number of thioether (sulfide) groups is 1. The van der Waals surface area contributed by atoms with E-state index in [1.54, 1.807) is 11.8 Å². The Morgan fingerprint density at radius 3 is 2.82 bits per heavy atom. The van der Waals surface area contributed by atoms with Crippen molar-refractivity contribution in [3.63, 3.8) is 0 Å². The lowest BCUT2D eigenvalue weighted by molar-refractivity contribution is 0.102. The van der Waals surface area contributed by atoms with Crippen molar-refractivity contribution in [2.45, 2.75) is 12.7 Å². The van der Waals surface area contributed by atoms with Crippen LogP contribution in [0.3, 0.4) is 0 Å². The van der Waals surface area contributed by atoms with Crippen molar-refractivity contribution in [1.82, 2.24) is 4.98 Å². The maximum Gasteiger partial charge on any atom is 0.175 e. The summed E-state index contributed by atoms with van der Waals surface area (Å²) < 4.78 is 0. The minimum Gasteiger partial charge on any atom is -0.358 e. The number of fused-ring (bicyclic) bond motifs is 1. The second-order valence-corrected chi connectivity index (χ2v) is 6.64. The van der Waals surface area contributed by atoms with Crippen molar-refractivity contribution in [2.75, 3.05) is 5.75 Å². The molecule has 22 heavy (non-hydrogen) atoms. The molecule has 3 aromatic rings. The SMILES string of the molecule is Cc1[nH]c2ccccc2c1C(=O)CSCc1cccc(Cl)c1. The zero-order valence-electron chi connectivity index (χ0n) is 12.2. The third kappa shape index (κ3) is 3.21. The number of benzene rings is 2. The first-order chi connectivity index (χ1) is 10.6. The van der Waals surface area contributed by atoms with Gasteiger partial charge in [-0.05, 0) is 30.7 Å². The summed E-state index contributed by atoms with van der Waals surface area (Å²) in [4.78, 5) is 15.8. The zero-order chi connectivity index (χ0) is 15.5. The fraction of sp³-hybridized carbons (Fsp3) is 0.167. The van der Waals surface area contributed by atoms with Gasteiger partial charge in [-0.15, -0.1) is 11.8 Å². The van der Waals surface area contributed by atoms with Gasteiger partial charge in [0.2, 0.25) is 0 Å². The standard InChI is InChI=1S/C18H16ClNOS/c1-12-18(15-7-2-3-8-16(15)20-12)17(21)11-22-10-13-5-4-6-14(19)9-13/h2-9,20H,10-11H2,1H3. The number of halogens is 1. The van der Waals surface area contributed by atoms with Crippen LogP contribution in [0.1, 0.15) is 21.6 Å². The third-order valence-corrected chi connectivity index (χ3v) is 4.80. The minimum absolute atomic E-state index is 0.168. The number of carbonyl (C=O) groups excluding carboxylic acids is 1. The average molecular weight is 330 g/mol. The van der Waals surface area contributed by atoms with Gasteiger partial charge in [-0.2, -0.15) is 0 Å². The van der Waals surface area contributed by atoms with E-state index in [4.69, 9.17) is 11.6 Å². The molecule has 0 atom stereocenters. The number of nitrogens with one attached hydrogen (secondary N) is 1.